The first kappa shape index (κ1) is 21.0. The van der Waals surface area contributed by atoms with Crippen LogP contribution in [0.25, 0.3) is 10.6 Å². The molecule has 152 valence electrons. The maximum Gasteiger partial charge on any atom is 0.279 e. The third-order valence-electron chi connectivity index (χ3n) is 4.43. The lowest BCUT2D eigenvalue weighted by molar-refractivity contribution is -0.132. The molecule has 1 unspecified atom stereocenters. The van der Waals surface area contributed by atoms with Crippen molar-refractivity contribution in [2.24, 2.45) is 0 Å². The molecule has 2 aromatic heterocycles. The molecule has 0 radical (unpaired) electrons. The Hall–Kier alpha value is -2.71. The van der Waals surface area contributed by atoms with Gasteiger partial charge in [-0.2, -0.15) is 0 Å². The van der Waals surface area contributed by atoms with E-state index < -0.39 is 12.0 Å². The Morgan fingerprint density at radius 1 is 1.14 bits per heavy atom. The number of hydrogen-bond donors (Lipinski definition) is 2. The molecular weight excluding hydrogens is 406 g/mol. The number of nitrogens with zero attached hydrogens (tertiary/aromatic N) is 1. The predicted octanol–water partition coefficient (Wildman–Crippen LogP) is 3.95. The Kier molecular flexibility index (Phi) is 6.66. The topological polar surface area (TPSA) is 80.3 Å². The highest BCUT2D eigenvalue weighted by Crippen LogP contribution is 2.31. The molecular formula is C21H23N3O3S2. The van der Waals surface area contributed by atoms with Crippen LogP contribution in [0.3, 0.4) is 0 Å². The third-order valence-corrected chi connectivity index (χ3v) is 6.28. The molecule has 6 nitrogen and oxygen atoms in total. The minimum absolute atomic E-state index is 0.144. The number of ether oxygens (including phenoxy) is 1. The maximum absolute atomic E-state index is 12.3. The summed E-state index contributed by atoms with van der Waals surface area (Å²) in [5, 5.41) is 2.88. The predicted molar refractivity (Wildman–Crippen MR) is 116 cm³/mol. The summed E-state index contributed by atoms with van der Waals surface area (Å²) < 4.78 is 5.74. The van der Waals surface area contributed by atoms with E-state index in [0.717, 1.165) is 31.6 Å². The van der Waals surface area contributed by atoms with E-state index in [1.165, 1.54) is 11.3 Å². The van der Waals surface area contributed by atoms with Gasteiger partial charge in [0.15, 0.2) is 6.10 Å². The van der Waals surface area contributed by atoms with Crippen LogP contribution in [-0.2, 0) is 16.0 Å². The largest absolute Gasteiger partial charge is 0.481 e. The van der Waals surface area contributed by atoms with Crippen LogP contribution in [0.1, 0.15) is 27.9 Å². The lowest BCUT2D eigenvalue weighted by Crippen LogP contribution is -2.47. The molecule has 3 rings (SSSR count). The fraction of sp³-hybridized carbons (Fsp3) is 0.286. The summed E-state index contributed by atoms with van der Waals surface area (Å²) in [7, 11) is 0. The Morgan fingerprint density at radius 2 is 1.93 bits per heavy atom. The van der Waals surface area contributed by atoms with Crippen molar-refractivity contribution in [3.63, 3.8) is 0 Å². The molecule has 0 spiro atoms. The van der Waals surface area contributed by atoms with Gasteiger partial charge in [-0.1, -0.05) is 18.2 Å². The van der Waals surface area contributed by atoms with Crippen molar-refractivity contribution in [2.75, 3.05) is 0 Å². The summed E-state index contributed by atoms with van der Waals surface area (Å²) in [5.41, 5.74) is 7.81. The molecule has 0 aliphatic carbocycles. The molecule has 1 atom stereocenters. The van der Waals surface area contributed by atoms with E-state index in [4.69, 9.17) is 4.74 Å². The summed E-state index contributed by atoms with van der Waals surface area (Å²) in [6.45, 7) is 7.49. The lowest BCUT2D eigenvalue weighted by Gasteiger charge is -2.17. The fourth-order valence-corrected chi connectivity index (χ4v) is 4.47. The van der Waals surface area contributed by atoms with Gasteiger partial charge in [0, 0.05) is 4.88 Å². The molecule has 2 heterocycles. The van der Waals surface area contributed by atoms with Gasteiger partial charge in [-0.3, -0.25) is 20.4 Å². The molecule has 2 N–H and O–H groups in total. The number of aryl methyl sites for hydroxylation is 2. The van der Waals surface area contributed by atoms with Crippen molar-refractivity contribution in [3.05, 3.63) is 56.7 Å². The fourth-order valence-electron chi connectivity index (χ4n) is 2.71. The zero-order chi connectivity index (χ0) is 21.0. The normalized spacial score (nSPS) is 11.7. The van der Waals surface area contributed by atoms with Crippen molar-refractivity contribution in [2.45, 2.75) is 40.2 Å². The van der Waals surface area contributed by atoms with Crippen LogP contribution in [0.2, 0.25) is 0 Å². The third kappa shape index (κ3) is 5.21. The van der Waals surface area contributed by atoms with Gasteiger partial charge in [-0.05, 0) is 56.3 Å². The van der Waals surface area contributed by atoms with Gasteiger partial charge in [-0.25, -0.2) is 4.98 Å². The molecule has 2 amide bonds. The summed E-state index contributed by atoms with van der Waals surface area (Å²) in [5.74, 6) is -0.0725. The number of carbonyl (C=O) groups is 2. The number of hydrazine groups is 1. The van der Waals surface area contributed by atoms with E-state index >= 15 is 0 Å². The van der Waals surface area contributed by atoms with E-state index in [1.54, 1.807) is 18.3 Å². The quantitative estimate of drug-likeness (QED) is 0.582. The summed E-state index contributed by atoms with van der Waals surface area (Å²) in [6.07, 6.45) is -0.603. The van der Waals surface area contributed by atoms with Crippen LogP contribution >= 0.6 is 22.7 Å². The molecule has 1 aromatic carbocycles. The van der Waals surface area contributed by atoms with Gasteiger partial charge in [0.1, 0.15) is 5.75 Å². The van der Waals surface area contributed by atoms with Gasteiger partial charge in [-0.15, -0.1) is 22.7 Å². The van der Waals surface area contributed by atoms with Crippen LogP contribution in [0.5, 0.6) is 5.75 Å². The Morgan fingerprint density at radius 3 is 2.66 bits per heavy atom. The summed E-state index contributed by atoms with van der Waals surface area (Å²) in [4.78, 5) is 31.1. The van der Waals surface area contributed by atoms with Gasteiger partial charge < -0.3 is 4.74 Å². The van der Waals surface area contributed by atoms with Crippen molar-refractivity contribution in [1.29, 1.82) is 0 Å². The number of aromatic nitrogens is 1. The SMILES string of the molecule is Cc1nc(-c2cccs2)c(CC(=O)NNC(=O)C(C)Oc2cccc(C)c2C)s1. The molecule has 0 aliphatic rings. The van der Waals surface area contributed by atoms with Gasteiger partial charge in [0.05, 0.1) is 22.0 Å². The van der Waals surface area contributed by atoms with E-state index in [2.05, 4.69) is 15.8 Å². The molecule has 0 aliphatic heterocycles. The zero-order valence-electron chi connectivity index (χ0n) is 16.7. The number of carbonyl (C=O) groups excluding carboxylic acids is 2. The molecule has 0 saturated heterocycles. The molecule has 0 fully saturated rings. The van der Waals surface area contributed by atoms with E-state index in [-0.39, 0.29) is 12.3 Å². The van der Waals surface area contributed by atoms with Gasteiger partial charge in [0.2, 0.25) is 5.91 Å². The Labute approximate surface area is 177 Å². The first-order chi connectivity index (χ1) is 13.8. The van der Waals surface area contributed by atoms with Crippen LogP contribution in [0.15, 0.2) is 35.7 Å². The highest BCUT2D eigenvalue weighted by molar-refractivity contribution is 7.15. The second kappa shape index (κ2) is 9.19. The minimum atomic E-state index is -0.747. The van der Waals surface area contributed by atoms with Crippen molar-refractivity contribution in [1.82, 2.24) is 15.8 Å². The number of benzene rings is 1. The molecule has 0 saturated carbocycles. The average Bonchev–Trinajstić information content (AvgIpc) is 3.33. The zero-order valence-corrected chi connectivity index (χ0v) is 18.4. The average molecular weight is 430 g/mol. The van der Waals surface area contributed by atoms with Crippen LogP contribution < -0.4 is 15.6 Å². The molecule has 29 heavy (non-hydrogen) atoms. The molecule has 0 bridgehead atoms. The lowest BCUT2D eigenvalue weighted by atomic mass is 10.1. The monoisotopic (exact) mass is 429 g/mol. The summed E-state index contributed by atoms with van der Waals surface area (Å²) >= 11 is 3.07. The Balaban J connectivity index is 1.55. The maximum atomic E-state index is 12.3. The van der Waals surface area contributed by atoms with Crippen molar-refractivity contribution < 1.29 is 14.3 Å². The number of amides is 2. The molecule has 3 aromatic rings. The molecule has 8 heteroatoms. The number of thiazole rings is 1. The standard InChI is InChI=1S/C21H23N3O3S2/c1-12-7-5-8-16(13(12)2)27-14(3)21(26)24-23-19(25)11-18-20(22-15(4)29-18)17-9-6-10-28-17/h5-10,14H,11H2,1-4H3,(H,23,25)(H,24,26). The smallest absolute Gasteiger partial charge is 0.279 e. The highest BCUT2D eigenvalue weighted by atomic mass is 32.1. The van der Waals surface area contributed by atoms with Crippen LogP contribution in [0, 0.1) is 20.8 Å². The van der Waals surface area contributed by atoms with E-state index in [1.807, 2.05) is 56.5 Å². The second-order valence-corrected chi connectivity index (χ2v) is 8.89. The number of rotatable bonds is 6. The first-order valence-electron chi connectivity index (χ1n) is 9.17. The highest BCUT2D eigenvalue weighted by Gasteiger charge is 2.19. The van der Waals surface area contributed by atoms with Crippen molar-refractivity contribution in [3.8, 4) is 16.3 Å². The number of hydrogen-bond acceptors (Lipinski definition) is 6. The van der Waals surface area contributed by atoms with Crippen LogP contribution in [-0.4, -0.2) is 22.9 Å². The minimum Gasteiger partial charge on any atom is -0.481 e. The van der Waals surface area contributed by atoms with E-state index in [0.29, 0.717) is 5.75 Å². The summed E-state index contributed by atoms with van der Waals surface area (Å²) in [6, 6.07) is 9.62. The Bertz CT molecular complexity index is 1010. The van der Waals surface area contributed by atoms with E-state index in [9.17, 15) is 9.59 Å². The van der Waals surface area contributed by atoms with Gasteiger partial charge >= 0.3 is 0 Å². The second-order valence-electron chi connectivity index (χ2n) is 6.65. The number of thiophene rings is 1. The van der Waals surface area contributed by atoms with Gasteiger partial charge in [0.25, 0.3) is 5.91 Å². The first-order valence-corrected chi connectivity index (χ1v) is 10.9. The van der Waals surface area contributed by atoms with Crippen LogP contribution in [0.4, 0.5) is 0 Å². The number of nitrogens with one attached hydrogen (secondary N) is 2. The van der Waals surface area contributed by atoms with Crippen molar-refractivity contribution >= 4 is 34.5 Å².